The lowest BCUT2D eigenvalue weighted by atomic mass is 9.94. The topological polar surface area (TPSA) is 76.0 Å². The Morgan fingerprint density at radius 3 is 3.12 bits per heavy atom. The Labute approximate surface area is 142 Å². The maximum Gasteiger partial charge on any atom is 0.271 e. The molecule has 1 unspecified atom stereocenters. The second kappa shape index (κ2) is 7.61. The second-order valence-electron chi connectivity index (χ2n) is 6.39. The smallest absolute Gasteiger partial charge is 0.271 e. The van der Waals surface area contributed by atoms with Crippen LogP contribution in [0.15, 0.2) is 18.5 Å². The number of rotatable bonds is 6. The summed E-state index contributed by atoms with van der Waals surface area (Å²) >= 11 is 0. The number of carbonyl (C=O) groups is 1. The molecule has 1 aliphatic rings. The first kappa shape index (κ1) is 16.7. The predicted octanol–water partition coefficient (Wildman–Crippen LogP) is 1.66. The van der Waals surface area contributed by atoms with E-state index >= 15 is 0 Å². The number of hydrogen-bond acceptors (Lipinski definition) is 4. The van der Waals surface area contributed by atoms with Crippen molar-refractivity contribution < 1.29 is 9.53 Å². The molecule has 0 aromatic carbocycles. The van der Waals surface area contributed by atoms with Gasteiger partial charge in [-0.2, -0.15) is 5.10 Å². The molecule has 1 aliphatic heterocycles. The zero-order valence-electron chi connectivity index (χ0n) is 14.4. The maximum atomic E-state index is 12.5. The molecule has 1 N–H and O–H groups in total. The Morgan fingerprint density at radius 2 is 2.38 bits per heavy atom. The van der Waals surface area contributed by atoms with Gasteiger partial charge in [-0.3, -0.25) is 9.89 Å². The van der Waals surface area contributed by atoms with E-state index in [2.05, 4.69) is 26.7 Å². The summed E-state index contributed by atoms with van der Waals surface area (Å²) in [5.41, 5.74) is 1.72. The molecular weight excluding hydrogens is 306 g/mol. The zero-order chi connectivity index (χ0) is 16.9. The first-order chi connectivity index (χ1) is 11.7. The van der Waals surface area contributed by atoms with Crippen LogP contribution in [-0.2, 0) is 17.7 Å². The molecule has 0 radical (unpaired) electrons. The molecule has 1 saturated heterocycles. The summed E-state index contributed by atoms with van der Waals surface area (Å²) in [6, 6.07) is 1.73. The summed E-state index contributed by atoms with van der Waals surface area (Å²) in [5, 5.41) is 6.63. The average Bonchev–Trinajstić information content (AvgIpc) is 3.24. The van der Waals surface area contributed by atoms with Crippen LogP contribution in [-0.4, -0.2) is 57.4 Å². The fourth-order valence-electron chi connectivity index (χ4n) is 3.38. The molecule has 7 nitrogen and oxygen atoms in total. The Bertz CT molecular complexity index is 665. The van der Waals surface area contributed by atoms with E-state index in [1.165, 1.54) is 0 Å². The standard InChI is InChI=1S/C17H25N5O2/c1-13-11-18-16(22(13)8-9-24-2)10-14-4-3-7-21(12-14)17(23)15-5-6-19-20-15/h5-6,11,14H,3-4,7-10,12H2,1-2H3,(H,19,20). The summed E-state index contributed by atoms with van der Waals surface area (Å²) in [5.74, 6) is 1.57. The van der Waals surface area contributed by atoms with E-state index in [-0.39, 0.29) is 5.91 Å². The van der Waals surface area contributed by atoms with Gasteiger partial charge in [0.1, 0.15) is 11.5 Å². The van der Waals surface area contributed by atoms with Crippen molar-refractivity contribution in [2.24, 2.45) is 5.92 Å². The van der Waals surface area contributed by atoms with Gasteiger partial charge >= 0.3 is 0 Å². The fourth-order valence-corrected chi connectivity index (χ4v) is 3.38. The molecule has 24 heavy (non-hydrogen) atoms. The average molecular weight is 331 g/mol. The number of carbonyl (C=O) groups excluding carboxylic acids is 1. The minimum atomic E-state index is 0.0381. The summed E-state index contributed by atoms with van der Waals surface area (Å²) in [7, 11) is 1.71. The molecule has 0 saturated carbocycles. The second-order valence-corrected chi connectivity index (χ2v) is 6.39. The van der Waals surface area contributed by atoms with Gasteiger partial charge in [-0.1, -0.05) is 0 Å². The summed E-state index contributed by atoms with van der Waals surface area (Å²) < 4.78 is 7.42. The minimum absolute atomic E-state index is 0.0381. The van der Waals surface area contributed by atoms with Crippen LogP contribution in [0, 0.1) is 12.8 Å². The van der Waals surface area contributed by atoms with Gasteiger partial charge < -0.3 is 14.2 Å². The van der Waals surface area contributed by atoms with E-state index in [4.69, 9.17) is 4.74 Å². The molecule has 7 heteroatoms. The Balaban J connectivity index is 1.64. The van der Waals surface area contributed by atoms with Crippen LogP contribution in [0.25, 0.3) is 0 Å². The minimum Gasteiger partial charge on any atom is -0.383 e. The van der Waals surface area contributed by atoms with Crippen LogP contribution in [0.4, 0.5) is 0 Å². The predicted molar refractivity (Wildman–Crippen MR) is 89.8 cm³/mol. The number of hydrogen-bond donors (Lipinski definition) is 1. The van der Waals surface area contributed by atoms with E-state index in [1.807, 2.05) is 11.1 Å². The number of aromatic amines is 1. The molecular formula is C17H25N5O2. The molecule has 130 valence electrons. The highest BCUT2D eigenvalue weighted by molar-refractivity contribution is 5.92. The number of ether oxygens (including phenoxy) is 1. The first-order valence-electron chi connectivity index (χ1n) is 8.47. The van der Waals surface area contributed by atoms with Gasteiger partial charge in [-0.05, 0) is 31.7 Å². The van der Waals surface area contributed by atoms with Gasteiger partial charge in [-0.15, -0.1) is 0 Å². The summed E-state index contributed by atoms with van der Waals surface area (Å²) in [6.45, 7) is 5.15. The SMILES string of the molecule is COCCn1c(C)cnc1CC1CCCN(C(=O)c2ccn[nH]2)C1. The van der Waals surface area contributed by atoms with Gasteiger partial charge in [-0.25, -0.2) is 4.98 Å². The van der Waals surface area contributed by atoms with E-state index in [0.29, 0.717) is 18.2 Å². The van der Waals surface area contributed by atoms with Crippen molar-refractivity contribution in [3.63, 3.8) is 0 Å². The number of aromatic nitrogens is 4. The maximum absolute atomic E-state index is 12.5. The van der Waals surface area contributed by atoms with Crippen LogP contribution in [0.5, 0.6) is 0 Å². The molecule has 0 spiro atoms. The Morgan fingerprint density at radius 1 is 1.50 bits per heavy atom. The number of imidazole rings is 1. The quantitative estimate of drug-likeness (QED) is 0.873. The third kappa shape index (κ3) is 3.67. The van der Waals surface area contributed by atoms with Gasteiger partial charge in [0, 0.05) is 51.3 Å². The fraction of sp³-hybridized carbons (Fsp3) is 0.588. The van der Waals surface area contributed by atoms with Crippen molar-refractivity contribution in [3.05, 3.63) is 35.7 Å². The number of nitrogens with one attached hydrogen (secondary N) is 1. The van der Waals surface area contributed by atoms with Gasteiger partial charge in [0.15, 0.2) is 0 Å². The number of piperidine rings is 1. The monoisotopic (exact) mass is 331 g/mol. The molecule has 3 heterocycles. The number of nitrogens with zero attached hydrogens (tertiary/aromatic N) is 4. The van der Waals surface area contributed by atoms with Crippen molar-refractivity contribution in [1.29, 1.82) is 0 Å². The highest BCUT2D eigenvalue weighted by atomic mass is 16.5. The highest BCUT2D eigenvalue weighted by Crippen LogP contribution is 2.22. The van der Waals surface area contributed by atoms with Crippen molar-refractivity contribution in [2.45, 2.75) is 32.7 Å². The lowest BCUT2D eigenvalue weighted by Crippen LogP contribution is -2.41. The van der Waals surface area contributed by atoms with Crippen LogP contribution >= 0.6 is 0 Å². The molecule has 3 rings (SSSR count). The normalized spacial score (nSPS) is 18.1. The molecule has 0 aliphatic carbocycles. The van der Waals surface area contributed by atoms with E-state index in [9.17, 15) is 4.79 Å². The van der Waals surface area contributed by atoms with Crippen LogP contribution in [0.2, 0.25) is 0 Å². The van der Waals surface area contributed by atoms with Crippen LogP contribution in [0.3, 0.4) is 0 Å². The number of aryl methyl sites for hydroxylation is 1. The summed E-state index contributed by atoms with van der Waals surface area (Å²) in [6.07, 6.45) is 6.58. The molecule has 2 aromatic rings. The van der Waals surface area contributed by atoms with Crippen molar-refractivity contribution in [3.8, 4) is 0 Å². The van der Waals surface area contributed by atoms with Crippen LogP contribution in [0.1, 0.15) is 34.8 Å². The lowest BCUT2D eigenvalue weighted by Gasteiger charge is -2.32. The van der Waals surface area contributed by atoms with E-state index in [1.54, 1.807) is 19.4 Å². The Hall–Kier alpha value is -2.15. The largest absolute Gasteiger partial charge is 0.383 e. The molecule has 0 bridgehead atoms. The van der Waals surface area contributed by atoms with E-state index < -0.39 is 0 Å². The Kier molecular flexibility index (Phi) is 5.30. The zero-order valence-corrected chi connectivity index (χ0v) is 14.4. The van der Waals surface area contributed by atoms with Crippen molar-refractivity contribution in [1.82, 2.24) is 24.6 Å². The lowest BCUT2D eigenvalue weighted by molar-refractivity contribution is 0.0665. The number of methoxy groups -OCH3 is 1. The van der Waals surface area contributed by atoms with Crippen LogP contribution < -0.4 is 0 Å². The molecule has 1 fully saturated rings. The molecule has 1 atom stereocenters. The van der Waals surface area contributed by atoms with Gasteiger partial charge in [0.25, 0.3) is 5.91 Å². The van der Waals surface area contributed by atoms with E-state index in [0.717, 1.165) is 50.4 Å². The molecule has 1 amide bonds. The number of amides is 1. The highest BCUT2D eigenvalue weighted by Gasteiger charge is 2.26. The van der Waals surface area contributed by atoms with Crippen molar-refractivity contribution in [2.75, 3.05) is 26.8 Å². The number of H-pyrrole nitrogens is 1. The third-order valence-electron chi connectivity index (χ3n) is 4.67. The first-order valence-corrected chi connectivity index (χ1v) is 8.47. The third-order valence-corrected chi connectivity index (χ3v) is 4.67. The van der Waals surface area contributed by atoms with Gasteiger partial charge in [0.05, 0.1) is 6.61 Å². The van der Waals surface area contributed by atoms with Gasteiger partial charge in [0.2, 0.25) is 0 Å². The molecule has 2 aromatic heterocycles. The summed E-state index contributed by atoms with van der Waals surface area (Å²) in [4.78, 5) is 19.0. The van der Waals surface area contributed by atoms with Crippen molar-refractivity contribution >= 4 is 5.91 Å². The number of likely N-dealkylation sites (tertiary alicyclic amines) is 1.